The number of carbonyl (C=O) groups excluding carboxylic acids is 1. The number of carbonyl (C=O) groups is 1. The van der Waals surface area contributed by atoms with Crippen molar-refractivity contribution >= 4 is 41.5 Å². The topological polar surface area (TPSA) is 60.4 Å². The zero-order chi connectivity index (χ0) is 19.9. The number of para-hydroxylation sites is 2. The molecule has 0 aromatic heterocycles. The lowest BCUT2D eigenvalue weighted by molar-refractivity contribution is -0.121. The number of ether oxygens (including phenoxy) is 1. The first-order valence-corrected chi connectivity index (χ1v) is 10.3. The molecule has 1 unspecified atom stereocenters. The number of halogens is 1. The smallest absolute Gasteiger partial charge is 0.265 e. The third-order valence-corrected chi connectivity index (χ3v) is 5.61. The lowest BCUT2D eigenvalue weighted by Gasteiger charge is -2.31. The molecule has 2 heterocycles. The maximum Gasteiger partial charge on any atom is 0.265 e. The Hall–Kier alpha value is -1.55. The van der Waals surface area contributed by atoms with Crippen LogP contribution in [0, 0.1) is 0 Å². The summed E-state index contributed by atoms with van der Waals surface area (Å²) in [6, 6.07) is 8.32. The Morgan fingerprint density at radius 2 is 2.17 bits per heavy atom. The van der Waals surface area contributed by atoms with Crippen molar-refractivity contribution in [3.8, 4) is 5.75 Å². The number of anilines is 1. The first-order chi connectivity index (χ1) is 13.6. The first-order valence-electron chi connectivity index (χ1n) is 10.3. The van der Waals surface area contributed by atoms with E-state index in [4.69, 9.17) is 4.74 Å². The maximum atomic E-state index is 12.2. The van der Waals surface area contributed by atoms with Crippen molar-refractivity contribution in [3.63, 3.8) is 0 Å². The monoisotopic (exact) mass is 515 g/mol. The molecule has 0 spiro atoms. The summed E-state index contributed by atoms with van der Waals surface area (Å²) >= 11 is 0. The van der Waals surface area contributed by atoms with Gasteiger partial charge in [-0.25, -0.2) is 0 Å². The highest BCUT2D eigenvalue weighted by molar-refractivity contribution is 14.0. The molecule has 1 amide bonds. The van der Waals surface area contributed by atoms with Crippen molar-refractivity contribution in [2.75, 3.05) is 58.3 Å². The second-order valence-electron chi connectivity index (χ2n) is 7.43. The van der Waals surface area contributed by atoms with E-state index in [1.54, 1.807) is 0 Å². The van der Waals surface area contributed by atoms with Gasteiger partial charge in [0.05, 0.1) is 5.69 Å². The Kier molecular flexibility index (Phi) is 9.48. The van der Waals surface area contributed by atoms with Crippen LogP contribution in [-0.2, 0) is 4.79 Å². The van der Waals surface area contributed by atoms with E-state index >= 15 is 0 Å². The molecule has 0 aliphatic carbocycles. The number of rotatable bonds is 7. The number of fused-ring (bicyclic) bond motifs is 1. The number of amides is 1. The van der Waals surface area contributed by atoms with E-state index in [2.05, 4.69) is 34.1 Å². The fourth-order valence-electron chi connectivity index (χ4n) is 4.14. The maximum absolute atomic E-state index is 12.2. The molecule has 1 aromatic carbocycles. The van der Waals surface area contributed by atoms with E-state index in [9.17, 15) is 4.79 Å². The zero-order valence-electron chi connectivity index (χ0n) is 17.8. The van der Waals surface area contributed by atoms with Crippen LogP contribution in [0.15, 0.2) is 29.3 Å². The average Bonchev–Trinajstić information content (AvgIpc) is 3.16. The molecule has 1 atom stereocenters. The number of likely N-dealkylation sites (tertiary alicyclic amines) is 1. The molecule has 0 bridgehead atoms. The van der Waals surface area contributed by atoms with E-state index in [-0.39, 0.29) is 36.5 Å². The molecule has 162 valence electrons. The van der Waals surface area contributed by atoms with Crippen molar-refractivity contribution in [1.29, 1.82) is 0 Å². The van der Waals surface area contributed by atoms with Crippen molar-refractivity contribution in [2.45, 2.75) is 32.2 Å². The van der Waals surface area contributed by atoms with Gasteiger partial charge in [0.25, 0.3) is 5.91 Å². The molecule has 7 nitrogen and oxygen atoms in total. The molecule has 1 N–H and O–H groups in total. The fourth-order valence-corrected chi connectivity index (χ4v) is 4.14. The Labute approximate surface area is 191 Å². The highest BCUT2D eigenvalue weighted by Crippen LogP contribution is 2.31. The van der Waals surface area contributed by atoms with Crippen LogP contribution in [-0.4, -0.2) is 81.1 Å². The molecule has 1 fully saturated rings. The molecule has 1 aromatic rings. The molecule has 0 saturated carbocycles. The number of benzene rings is 1. The number of nitrogens with one attached hydrogen (secondary N) is 1. The second-order valence-corrected chi connectivity index (χ2v) is 7.43. The predicted molar refractivity (Wildman–Crippen MR) is 129 cm³/mol. The van der Waals surface area contributed by atoms with Crippen LogP contribution < -0.4 is 15.0 Å². The number of aliphatic imine (C=N–C) groups is 1. The lowest BCUT2D eigenvalue weighted by Crippen LogP contribution is -2.46. The molecule has 2 aliphatic heterocycles. The summed E-state index contributed by atoms with van der Waals surface area (Å²) in [5, 5.41) is 3.44. The summed E-state index contributed by atoms with van der Waals surface area (Å²) in [5.74, 6) is 1.71. The van der Waals surface area contributed by atoms with Gasteiger partial charge in [-0.15, -0.1) is 24.0 Å². The third-order valence-electron chi connectivity index (χ3n) is 5.61. The molecule has 29 heavy (non-hydrogen) atoms. The van der Waals surface area contributed by atoms with Crippen molar-refractivity contribution in [1.82, 2.24) is 15.1 Å². The van der Waals surface area contributed by atoms with E-state index in [0.29, 0.717) is 12.6 Å². The van der Waals surface area contributed by atoms with E-state index < -0.39 is 0 Å². The Morgan fingerprint density at radius 1 is 1.38 bits per heavy atom. The molecule has 2 aliphatic rings. The highest BCUT2D eigenvalue weighted by atomic mass is 127. The number of guanidine groups is 1. The van der Waals surface area contributed by atoms with E-state index in [1.807, 2.05) is 36.2 Å². The van der Waals surface area contributed by atoms with Crippen LogP contribution in [0.5, 0.6) is 5.75 Å². The zero-order valence-corrected chi connectivity index (χ0v) is 20.1. The third kappa shape index (κ3) is 5.97. The minimum absolute atomic E-state index is 0. The number of nitrogens with zero attached hydrogens (tertiary/aromatic N) is 4. The highest BCUT2D eigenvalue weighted by Gasteiger charge is 2.26. The van der Waals surface area contributed by atoms with Crippen LogP contribution in [0.1, 0.15) is 26.2 Å². The largest absolute Gasteiger partial charge is 0.482 e. The molecule has 3 rings (SSSR count). The van der Waals surface area contributed by atoms with Crippen molar-refractivity contribution in [2.24, 2.45) is 4.99 Å². The number of likely N-dealkylation sites (N-methyl/N-ethyl adjacent to an activating group) is 2. The van der Waals surface area contributed by atoms with Crippen LogP contribution in [0.3, 0.4) is 0 Å². The van der Waals surface area contributed by atoms with Gasteiger partial charge in [-0.05, 0) is 44.5 Å². The second kappa shape index (κ2) is 11.6. The van der Waals surface area contributed by atoms with Gasteiger partial charge in [-0.3, -0.25) is 14.7 Å². The summed E-state index contributed by atoms with van der Waals surface area (Å²) in [4.78, 5) is 23.3. The average molecular weight is 515 g/mol. The van der Waals surface area contributed by atoms with E-state index in [1.165, 1.54) is 19.4 Å². The summed E-state index contributed by atoms with van der Waals surface area (Å²) in [5.41, 5.74) is 0.862. The lowest BCUT2D eigenvalue weighted by atomic mass is 10.2. The van der Waals surface area contributed by atoms with Gasteiger partial charge in [0.1, 0.15) is 5.75 Å². The van der Waals surface area contributed by atoms with Crippen LogP contribution in [0.4, 0.5) is 5.69 Å². The van der Waals surface area contributed by atoms with Gasteiger partial charge in [0, 0.05) is 39.8 Å². The summed E-state index contributed by atoms with van der Waals surface area (Å²) in [7, 11) is 3.93. The van der Waals surface area contributed by atoms with Gasteiger partial charge in [-0.1, -0.05) is 19.1 Å². The summed E-state index contributed by atoms with van der Waals surface area (Å²) < 4.78 is 5.50. The molecule has 8 heteroatoms. The van der Waals surface area contributed by atoms with Gasteiger partial charge >= 0.3 is 0 Å². The Bertz CT molecular complexity index is 699. The first kappa shape index (κ1) is 23.7. The van der Waals surface area contributed by atoms with Crippen LogP contribution >= 0.6 is 24.0 Å². The normalized spacial score (nSPS) is 19.4. The molecular formula is C21H34IN5O2. The number of hydrogen-bond donors (Lipinski definition) is 1. The summed E-state index contributed by atoms with van der Waals surface area (Å²) in [6.45, 7) is 7.09. The molecule has 1 saturated heterocycles. The van der Waals surface area contributed by atoms with Gasteiger partial charge < -0.3 is 19.9 Å². The minimum Gasteiger partial charge on any atom is -0.482 e. The minimum atomic E-state index is 0. The standard InChI is InChI=1S/C21H33N5O2.HI/c1-4-25-13-7-9-17(25)15-24(3)21(22-2)23-12-8-14-26-18-10-5-6-11-19(18)28-16-20(26)27;/h5-6,10-11,17H,4,7-9,12-16H2,1-3H3,(H,22,23);1H. The summed E-state index contributed by atoms with van der Waals surface area (Å²) in [6.07, 6.45) is 3.39. The quantitative estimate of drug-likeness (QED) is 0.262. The Balaban J connectivity index is 0.00000300. The van der Waals surface area contributed by atoms with Crippen LogP contribution in [0.25, 0.3) is 0 Å². The van der Waals surface area contributed by atoms with Gasteiger partial charge in [-0.2, -0.15) is 0 Å². The Morgan fingerprint density at radius 3 is 2.93 bits per heavy atom. The van der Waals surface area contributed by atoms with Crippen LogP contribution in [0.2, 0.25) is 0 Å². The predicted octanol–water partition coefficient (Wildman–Crippen LogP) is 2.41. The molecular weight excluding hydrogens is 481 g/mol. The SMILES string of the molecule is CCN1CCCC1CN(C)C(=NC)NCCCN1C(=O)COc2ccccc21.I. The van der Waals surface area contributed by atoms with Crippen molar-refractivity contribution < 1.29 is 9.53 Å². The fraction of sp³-hybridized carbons (Fsp3) is 0.619. The van der Waals surface area contributed by atoms with Crippen molar-refractivity contribution in [3.05, 3.63) is 24.3 Å². The van der Waals surface area contributed by atoms with E-state index in [0.717, 1.165) is 43.5 Å². The van der Waals surface area contributed by atoms with Gasteiger partial charge in [0.2, 0.25) is 0 Å². The number of hydrogen-bond acceptors (Lipinski definition) is 4. The van der Waals surface area contributed by atoms with Gasteiger partial charge in [0.15, 0.2) is 12.6 Å². The molecule has 0 radical (unpaired) electrons.